The van der Waals surface area contributed by atoms with E-state index in [2.05, 4.69) is 20.5 Å². The molecule has 3 aliphatic rings. The van der Waals surface area contributed by atoms with Crippen molar-refractivity contribution in [3.63, 3.8) is 0 Å². The van der Waals surface area contributed by atoms with Gasteiger partial charge in [-0.05, 0) is 93.3 Å². The highest BCUT2D eigenvalue weighted by Gasteiger charge is 2.53. The number of benzene rings is 1. The third-order valence-corrected chi connectivity index (χ3v) is 17.1. The molecule has 0 radical (unpaired) electrons. The summed E-state index contributed by atoms with van der Waals surface area (Å²) in [5.74, 6) is -2.88. The van der Waals surface area contributed by atoms with Gasteiger partial charge in [0.05, 0.1) is 47.2 Å². The highest BCUT2D eigenvalue weighted by atomic mass is 32.1. The minimum Gasteiger partial charge on any atom is -0.459 e. The molecule has 0 bridgehead atoms. The van der Waals surface area contributed by atoms with Gasteiger partial charge in [-0.2, -0.15) is 0 Å². The summed E-state index contributed by atoms with van der Waals surface area (Å²) in [6.45, 7) is 17.5. The number of alkyl halides is 1. The van der Waals surface area contributed by atoms with Crippen LogP contribution in [-0.4, -0.2) is 205 Å². The molecule has 3 aromatic rings. The average Bonchev–Trinajstić information content (AvgIpc) is 4.09. The molecule has 424 valence electrons. The highest BCUT2D eigenvalue weighted by molar-refractivity contribution is 7.12. The van der Waals surface area contributed by atoms with Crippen LogP contribution < -0.4 is 0 Å². The molecule has 3 aliphatic heterocycles. The quantitative estimate of drug-likeness (QED) is 0.124. The van der Waals surface area contributed by atoms with E-state index in [4.69, 9.17) is 33.2 Å². The molecule has 22 heteroatoms. The number of hydrogen-bond donors (Lipinski definition) is 5. The highest BCUT2D eigenvalue weighted by Crippen LogP contribution is 2.41. The molecule has 0 amide bonds. The lowest BCUT2D eigenvalue weighted by Crippen LogP contribution is -2.61. The second-order valence-electron chi connectivity index (χ2n) is 22.4. The standard InChI is InChI=1S/C53H86FN7O13S/c1-15-40-53(10,67)45(63)33(6)60(12)26-29(2)23-51(8,66)47(31(4)43(32(5)49(65)72-40)73-41-24-52(9,69-14)46(64)34(7)71-41)74-50-42(62)38(22-30(3)70-50)59(11)21-20-37-27-61(58-56-37)39(25-54)44(68-13)35-16-18-36(19-17-35)48-57-55-28-75-48/h16-19,27-34,38-47,50,62-64,66-67H,15,20-26H2,1-14H3/t29-,30-,31+,32-,33-,34+,38+,39-,40-,41+,42?,43+,44-,45-,46+,47-,50+,51-,52-,53-/m1/s1. The van der Waals surface area contributed by atoms with Crippen LogP contribution >= 0.6 is 11.3 Å². The van der Waals surface area contributed by atoms with E-state index in [0.29, 0.717) is 31.6 Å². The summed E-state index contributed by atoms with van der Waals surface area (Å²) in [5, 5.41) is 77.4. The minimum absolute atomic E-state index is 0.0830. The van der Waals surface area contributed by atoms with Gasteiger partial charge in [0.1, 0.15) is 59.4 Å². The number of carbonyl (C=O) groups excluding carboxylic acids is 1. The molecule has 0 saturated carbocycles. The first kappa shape index (κ1) is 61.0. The number of aliphatic hydroxyl groups excluding tert-OH is 3. The maximum Gasteiger partial charge on any atom is 0.311 e. The smallest absolute Gasteiger partial charge is 0.311 e. The fraction of sp³-hybridized carbons (Fsp3) is 0.792. The van der Waals surface area contributed by atoms with Crippen molar-refractivity contribution >= 4 is 17.3 Å². The fourth-order valence-corrected chi connectivity index (χ4v) is 12.2. The van der Waals surface area contributed by atoms with E-state index in [0.717, 1.165) is 16.1 Å². The lowest BCUT2D eigenvalue weighted by molar-refractivity contribution is -0.318. The first-order valence-electron chi connectivity index (χ1n) is 26.4. The molecule has 3 fully saturated rings. The molecule has 5 heterocycles. The third kappa shape index (κ3) is 14.0. The zero-order valence-electron chi connectivity index (χ0n) is 46.4. The number of carbonyl (C=O) groups is 1. The predicted octanol–water partition coefficient (Wildman–Crippen LogP) is 4.52. The van der Waals surface area contributed by atoms with Crippen LogP contribution in [0.15, 0.2) is 36.0 Å². The summed E-state index contributed by atoms with van der Waals surface area (Å²) >= 11 is 1.42. The SMILES string of the molecule is CC[C@H]1OC(=O)[C@H](C)[C@@H](O[C@H]2C[C@@](C)(OC)[C@@H](O)[C@H](C)O2)[C@H](C)[C@@H](O[C@@H]2O[C@H](C)C[C@H](N(C)CCc3cn([C@H](CF)[C@H](OC)c4ccc(-c5nncs5)cc4)nn3)C2O)[C@](C)(O)C[C@@H](C)CN(C)[C@H](C)[C@@H](O)[C@]1(C)O. The van der Waals surface area contributed by atoms with E-state index in [9.17, 15) is 34.7 Å². The van der Waals surface area contributed by atoms with Gasteiger partial charge in [-0.1, -0.05) is 61.6 Å². The fourth-order valence-electron chi connectivity index (χ4n) is 11.6. The molecule has 6 rings (SSSR count). The van der Waals surface area contributed by atoms with Gasteiger partial charge in [-0.3, -0.25) is 4.79 Å². The lowest BCUT2D eigenvalue weighted by atomic mass is 9.77. The Hall–Kier alpha value is -3.20. The van der Waals surface area contributed by atoms with Crippen molar-refractivity contribution in [1.82, 2.24) is 35.0 Å². The number of cyclic esters (lactones) is 1. The van der Waals surface area contributed by atoms with Gasteiger partial charge in [0, 0.05) is 69.9 Å². The number of halogens is 1. The summed E-state index contributed by atoms with van der Waals surface area (Å²) in [4.78, 5) is 18.4. The van der Waals surface area contributed by atoms with E-state index in [1.54, 1.807) is 60.2 Å². The Bertz CT molecular complexity index is 2230. The third-order valence-electron chi connectivity index (χ3n) is 16.3. The molecule has 1 unspecified atom stereocenters. The van der Waals surface area contributed by atoms with Crippen molar-refractivity contribution in [3.8, 4) is 10.6 Å². The molecular formula is C53H86FN7O13S. The number of hydrogen-bond acceptors (Lipinski definition) is 20. The second-order valence-corrected chi connectivity index (χ2v) is 23.2. The average molecular weight is 1080 g/mol. The van der Waals surface area contributed by atoms with E-state index in [-0.39, 0.29) is 25.2 Å². The second kappa shape index (κ2) is 25.7. The monoisotopic (exact) mass is 1080 g/mol. The van der Waals surface area contributed by atoms with E-state index >= 15 is 0 Å². The summed E-state index contributed by atoms with van der Waals surface area (Å²) < 4.78 is 60.5. The topological polar surface area (TPSA) is 246 Å². The van der Waals surface area contributed by atoms with Gasteiger partial charge in [-0.15, -0.1) is 15.3 Å². The van der Waals surface area contributed by atoms with Crippen LogP contribution in [0.4, 0.5) is 4.39 Å². The Morgan fingerprint density at radius 2 is 1.67 bits per heavy atom. The minimum atomic E-state index is -1.85. The molecule has 20 nitrogen and oxygen atoms in total. The molecular weight excluding hydrogens is 994 g/mol. The van der Waals surface area contributed by atoms with Crippen LogP contribution in [0.25, 0.3) is 10.6 Å². The van der Waals surface area contributed by atoms with Gasteiger partial charge >= 0.3 is 5.97 Å². The first-order valence-corrected chi connectivity index (χ1v) is 27.3. The van der Waals surface area contributed by atoms with Crippen molar-refractivity contribution in [2.45, 2.75) is 204 Å². The molecule has 1 aromatic carbocycles. The molecule has 2 aromatic heterocycles. The maximum atomic E-state index is 14.9. The van der Waals surface area contributed by atoms with Crippen molar-refractivity contribution in [2.75, 3.05) is 48.1 Å². The molecule has 20 atom stereocenters. The molecule has 75 heavy (non-hydrogen) atoms. The number of methoxy groups -OCH3 is 2. The molecule has 3 saturated heterocycles. The number of nitrogens with zero attached hydrogens (tertiary/aromatic N) is 7. The number of rotatable bonds is 16. The van der Waals surface area contributed by atoms with E-state index in [1.165, 1.54) is 37.2 Å². The van der Waals surface area contributed by atoms with Crippen molar-refractivity contribution < 1.29 is 67.9 Å². The van der Waals surface area contributed by atoms with E-state index < -0.39 is 127 Å². The van der Waals surface area contributed by atoms with Gasteiger partial charge < -0.3 is 68.5 Å². The van der Waals surface area contributed by atoms with Crippen molar-refractivity contribution in [3.05, 3.63) is 47.2 Å². The van der Waals surface area contributed by atoms with Crippen LogP contribution in [-0.2, 0) is 44.4 Å². The predicted molar refractivity (Wildman–Crippen MR) is 277 cm³/mol. The van der Waals surface area contributed by atoms with Gasteiger partial charge in [0.15, 0.2) is 12.6 Å². The maximum absolute atomic E-state index is 14.9. The molecule has 0 spiro atoms. The summed E-state index contributed by atoms with van der Waals surface area (Å²) in [5.41, 5.74) is -0.672. The number of ether oxygens (including phenoxy) is 7. The van der Waals surface area contributed by atoms with Crippen LogP contribution in [0.5, 0.6) is 0 Å². The van der Waals surface area contributed by atoms with Crippen LogP contribution in [0.1, 0.15) is 118 Å². The van der Waals surface area contributed by atoms with Crippen LogP contribution in [0, 0.1) is 17.8 Å². The van der Waals surface area contributed by atoms with Gasteiger partial charge in [-0.25, -0.2) is 9.07 Å². The summed E-state index contributed by atoms with van der Waals surface area (Å²) in [6.07, 6.45) is -8.02. The van der Waals surface area contributed by atoms with Crippen molar-refractivity contribution in [1.29, 1.82) is 0 Å². The Kier molecular flexibility index (Phi) is 20.9. The number of likely N-dealkylation sites (N-methyl/N-ethyl adjacent to an activating group) is 2. The Balaban J connectivity index is 1.26. The number of esters is 1. The summed E-state index contributed by atoms with van der Waals surface area (Å²) in [6, 6.07) is 5.68. The number of aromatic nitrogens is 5. The lowest BCUT2D eigenvalue weighted by Gasteiger charge is -2.49. The van der Waals surface area contributed by atoms with Crippen LogP contribution in [0.2, 0.25) is 0 Å². The van der Waals surface area contributed by atoms with Crippen molar-refractivity contribution in [2.24, 2.45) is 17.8 Å². The van der Waals surface area contributed by atoms with Gasteiger partial charge in [0.2, 0.25) is 0 Å². The largest absolute Gasteiger partial charge is 0.459 e. The van der Waals surface area contributed by atoms with Crippen LogP contribution in [0.3, 0.4) is 0 Å². The molecule has 0 aliphatic carbocycles. The Labute approximate surface area is 446 Å². The zero-order valence-corrected chi connectivity index (χ0v) is 47.2. The Morgan fingerprint density at radius 1 is 0.973 bits per heavy atom. The normalized spacial score (nSPS) is 38.9. The van der Waals surface area contributed by atoms with Gasteiger partial charge in [0.25, 0.3) is 0 Å². The van der Waals surface area contributed by atoms with E-state index in [1.807, 2.05) is 62.0 Å². The Morgan fingerprint density at radius 3 is 2.28 bits per heavy atom. The summed E-state index contributed by atoms with van der Waals surface area (Å²) in [7, 11) is 6.74. The first-order chi connectivity index (χ1) is 35.3. The molecule has 5 N–H and O–H groups in total. The zero-order chi connectivity index (χ0) is 55.3. The number of aliphatic hydroxyl groups is 5.